The minimum absolute atomic E-state index is 0.0117. The first-order chi connectivity index (χ1) is 14.5. The highest BCUT2D eigenvalue weighted by atomic mass is 16.7. The molecule has 0 spiro atoms. The van der Waals surface area contributed by atoms with Gasteiger partial charge in [-0.05, 0) is 43.7 Å². The first-order valence-corrected chi connectivity index (χ1v) is 10.3. The van der Waals surface area contributed by atoms with Crippen LogP contribution in [0.4, 0.5) is 5.69 Å². The summed E-state index contributed by atoms with van der Waals surface area (Å²) in [5, 5.41) is 11.3. The second kappa shape index (κ2) is 8.73. The number of nitro groups is 1. The van der Waals surface area contributed by atoms with Crippen molar-refractivity contribution in [3.05, 3.63) is 33.9 Å². The van der Waals surface area contributed by atoms with Gasteiger partial charge in [-0.3, -0.25) is 14.9 Å². The summed E-state index contributed by atoms with van der Waals surface area (Å²) >= 11 is 0. The first kappa shape index (κ1) is 20.2. The molecule has 9 nitrogen and oxygen atoms in total. The number of rotatable bonds is 5. The van der Waals surface area contributed by atoms with Gasteiger partial charge in [0.25, 0.3) is 11.6 Å². The second-order valence-electron chi connectivity index (χ2n) is 7.80. The quantitative estimate of drug-likeness (QED) is 0.314. The molecule has 2 aliphatic heterocycles. The first-order valence-electron chi connectivity index (χ1n) is 10.3. The SMILES string of the molecule is O=C(/C=C/c1cc2c(cc1[N+](=O)[O-])OCO2)OCC(=O)N1CCC[C@H]2CCCC[C@@H]21. The van der Waals surface area contributed by atoms with Crippen molar-refractivity contribution in [2.45, 2.75) is 44.6 Å². The van der Waals surface area contributed by atoms with Crippen molar-refractivity contribution in [1.29, 1.82) is 0 Å². The summed E-state index contributed by atoms with van der Waals surface area (Å²) < 4.78 is 15.5. The molecule has 0 aromatic heterocycles. The normalized spacial score (nSPS) is 22.6. The molecule has 160 valence electrons. The molecule has 30 heavy (non-hydrogen) atoms. The Bertz CT molecular complexity index is 880. The van der Waals surface area contributed by atoms with Crippen molar-refractivity contribution in [2.75, 3.05) is 19.9 Å². The third-order valence-corrected chi connectivity index (χ3v) is 6.02. The zero-order valence-electron chi connectivity index (χ0n) is 16.6. The Hall–Kier alpha value is -3.10. The number of amides is 1. The van der Waals surface area contributed by atoms with Gasteiger partial charge < -0.3 is 19.1 Å². The Labute approximate surface area is 173 Å². The van der Waals surface area contributed by atoms with Gasteiger partial charge in [-0.15, -0.1) is 0 Å². The van der Waals surface area contributed by atoms with Crippen LogP contribution in [0.5, 0.6) is 11.5 Å². The lowest BCUT2D eigenvalue weighted by Crippen LogP contribution is -2.50. The predicted molar refractivity (Wildman–Crippen MR) is 106 cm³/mol. The number of carbonyl (C=O) groups excluding carboxylic acids is 2. The highest BCUT2D eigenvalue weighted by molar-refractivity contribution is 5.90. The number of fused-ring (bicyclic) bond motifs is 2. The van der Waals surface area contributed by atoms with Gasteiger partial charge in [-0.1, -0.05) is 12.8 Å². The van der Waals surface area contributed by atoms with Gasteiger partial charge in [-0.2, -0.15) is 0 Å². The number of esters is 1. The standard InChI is InChI=1S/C21H24N2O7/c24-20(22-9-3-5-14-4-1-2-6-16(14)22)12-28-21(25)8-7-15-10-18-19(30-13-29-18)11-17(15)23(26)27/h7-8,10-11,14,16H,1-6,9,12-13H2/b8-7+/t14-,16+/m1/s1. The molecular formula is C21H24N2O7. The Morgan fingerprint density at radius 3 is 2.70 bits per heavy atom. The fraction of sp³-hybridized carbons (Fsp3) is 0.524. The molecule has 1 aromatic rings. The van der Waals surface area contributed by atoms with Crippen molar-refractivity contribution >= 4 is 23.6 Å². The number of hydrogen-bond acceptors (Lipinski definition) is 7. The molecule has 1 aromatic carbocycles. The molecule has 0 bridgehead atoms. The summed E-state index contributed by atoms with van der Waals surface area (Å²) in [6, 6.07) is 2.95. The van der Waals surface area contributed by atoms with Crippen LogP contribution in [0.25, 0.3) is 6.08 Å². The topological polar surface area (TPSA) is 108 Å². The molecule has 2 fully saturated rings. The number of nitrogens with zero attached hydrogens (tertiary/aromatic N) is 2. The van der Waals surface area contributed by atoms with Crippen LogP contribution in [0.3, 0.4) is 0 Å². The lowest BCUT2D eigenvalue weighted by Gasteiger charge is -2.44. The fourth-order valence-electron chi connectivity index (χ4n) is 4.59. The molecule has 1 amide bonds. The van der Waals surface area contributed by atoms with Crippen molar-refractivity contribution in [1.82, 2.24) is 4.90 Å². The summed E-state index contributed by atoms with van der Waals surface area (Å²) in [6.45, 7) is 0.370. The van der Waals surface area contributed by atoms with Gasteiger partial charge in [0.2, 0.25) is 6.79 Å². The highest BCUT2D eigenvalue weighted by Crippen LogP contribution is 2.38. The van der Waals surface area contributed by atoms with Crippen LogP contribution < -0.4 is 9.47 Å². The smallest absolute Gasteiger partial charge is 0.331 e. The molecule has 0 radical (unpaired) electrons. The van der Waals surface area contributed by atoms with Crippen LogP contribution in [0.15, 0.2) is 18.2 Å². The van der Waals surface area contributed by atoms with Gasteiger partial charge in [0.1, 0.15) is 0 Å². The van der Waals surface area contributed by atoms with Crippen LogP contribution in [0.2, 0.25) is 0 Å². The van der Waals surface area contributed by atoms with Gasteiger partial charge in [0.05, 0.1) is 16.6 Å². The van der Waals surface area contributed by atoms with Crippen molar-refractivity contribution in [2.24, 2.45) is 5.92 Å². The summed E-state index contributed by atoms with van der Waals surface area (Å²) in [7, 11) is 0. The van der Waals surface area contributed by atoms with Crippen LogP contribution >= 0.6 is 0 Å². The van der Waals surface area contributed by atoms with E-state index >= 15 is 0 Å². The molecule has 2 heterocycles. The summed E-state index contributed by atoms with van der Waals surface area (Å²) in [5.41, 5.74) is -0.0235. The number of carbonyl (C=O) groups is 2. The summed E-state index contributed by atoms with van der Waals surface area (Å²) in [6.07, 6.45) is 9.02. The number of nitro benzene ring substituents is 1. The van der Waals surface area contributed by atoms with Gasteiger partial charge in [0.15, 0.2) is 18.1 Å². The van der Waals surface area contributed by atoms with Crippen LogP contribution in [-0.4, -0.2) is 47.7 Å². The molecule has 3 aliphatic rings. The minimum Gasteiger partial charge on any atom is -0.454 e. The van der Waals surface area contributed by atoms with Crippen LogP contribution in [0, 0.1) is 16.0 Å². The minimum atomic E-state index is -0.729. The Morgan fingerprint density at radius 2 is 1.90 bits per heavy atom. The third-order valence-electron chi connectivity index (χ3n) is 6.02. The largest absolute Gasteiger partial charge is 0.454 e. The molecule has 2 atom stereocenters. The molecule has 0 N–H and O–H groups in total. The van der Waals surface area contributed by atoms with E-state index in [1.165, 1.54) is 24.6 Å². The van der Waals surface area contributed by atoms with E-state index in [9.17, 15) is 19.7 Å². The van der Waals surface area contributed by atoms with Gasteiger partial charge in [-0.25, -0.2) is 4.79 Å². The summed E-state index contributed by atoms with van der Waals surface area (Å²) in [4.78, 5) is 37.3. The average Bonchev–Trinajstić information content (AvgIpc) is 3.22. The predicted octanol–water partition coefficient (Wildman–Crippen LogP) is 3.06. The van der Waals surface area contributed by atoms with E-state index in [-0.39, 0.29) is 42.3 Å². The number of piperidine rings is 1. The third kappa shape index (κ3) is 4.24. The van der Waals surface area contributed by atoms with E-state index in [4.69, 9.17) is 14.2 Å². The number of ether oxygens (including phenoxy) is 3. The number of likely N-dealkylation sites (tertiary alicyclic amines) is 1. The number of hydrogen-bond donors (Lipinski definition) is 0. The zero-order valence-corrected chi connectivity index (χ0v) is 16.6. The second-order valence-corrected chi connectivity index (χ2v) is 7.80. The molecule has 1 saturated carbocycles. The van der Waals surface area contributed by atoms with Crippen LogP contribution in [0.1, 0.15) is 44.1 Å². The lowest BCUT2D eigenvalue weighted by atomic mass is 9.78. The van der Waals surface area contributed by atoms with Crippen LogP contribution in [-0.2, 0) is 14.3 Å². The Balaban J connectivity index is 1.36. The maximum Gasteiger partial charge on any atom is 0.331 e. The lowest BCUT2D eigenvalue weighted by molar-refractivity contribution is -0.385. The zero-order chi connectivity index (χ0) is 21.1. The van der Waals surface area contributed by atoms with Gasteiger partial charge >= 0.3 is 5.97 Å². The maximum absolute atomic E-state index is 12.6. The molecule has 1 saturated heterocycles. The number of benzene rings is 1. The van der Waals surface area contributed by atoms with E-state index in [0.29, 0.717) is 18.2 Å². The highest BCUT2D eigenvalue weighted by Gasteiger charge is 2.35. The Morgan fingerprint density at radius 1 is 1.17 bits per heavy atom. The van der Waals surface area contributed by atoms with Crippen molar-refractivity contribution in [3.8, 4) is 11.5 Å². The monoisotopic (exact) mass is 416 g/mol. The summed E-state index contributed by atoms with van der Waals surface area (Å²) in [5.74, 6) is 0.305. The van der Waals surface area contributed by atoms with E-state index in [2.05, 4.69) is 0 Å². The molecule has 9 heteroatoms. The van der Waals surface area contributed by atoms with E-state index in [1.807, 2.05) is 4.90 Å². The maximum atomic E-state index is 12.6. The Kier molecular flexibility index (Phi) is 5.87. The molecule has 1 aliphatic carbocycles. The van der Waals surface area contributed by atoms with Crippen molar-refractivity contribution in [3.63, 3.8) is 0 Å². The van der Waals surface area contributed by atoms with Crippen molar-refractivity contribution < 1.29 is 28.7 Å². The van der Waals surface area contributed by atoms with E-state index < -0.39 is 10.9 Å². The fourth-order valence-corrected chi connectivity index (χ4v) is 4.59. The van der Waals surface area contributed by atoms with E-state index in [1.54, 1.807) is 0 Å². The molecular weight excluding hydrogens is 392 g/mol. The average molecular weight is 416 g/mol. The van der Waals surface area contributed by atoms with E-state index in [0.717, 1.165) is 38.2 Å². The molecule has 0 unspecified atom stereocenters. The molecule has 4 rings (SSSR count). The van der Waals surface area contributed by atoms with Gasteiger partial charge in [0, 0.05) is 18.7 Å².